The molecule has 2 amide bonds. The third-order valence-corrected chi connectivity index (χ3v) is 3.50. The van der Waals surface area contributed by atoms with Crippen molar-refractivity contribution in [2.24, 2.45) is 0 Å². The second-order valence-corrected chi connectivity index (χ2v) is 5.55. The fourth-order valence-electron chi connectivity index (χ4n) is 2.05. The van der Waals surface area contributed by atoms with Gasteiger partial charge in [0.2, 0.25) is 5.91 Å². The van der Waals surface area contributed by atoms with Crippen molar-refractivity contribution < 1.29 is 19.1 Å². The summed E-state index contributed by atoms with van der Waals surface area (Å²) in [5.74, 6) is -0.429. The van der Waals surface area contributed by atoms with Gasteiger partial charge in [-0.05, 0) is 43.7 Å². The molecule has 0 fully saturated rings. The maximum Gasteiger partial charge on any atom is 0.408 e. The predicted molar refractivity (Wildman–Crippen MR) is 94.3 cm³/mol. The molecule has 0 aliphatic heterocycles. The Morgan fingerprint density at radius 1 is 1.00 bits per heavy atom. The largest absolute Gasteiger partial charge is 0.445 e. The van der Waals surface area contributed by atoms with Crippen LogP contribution in [0.15, 0.2) is 54.6 Å². The van der Waals surface area contributed by atoms with Crippen LogP contribution in [0.25, 0.3) is 0 Å². The van der Waals surface area contributed by atoms with Gasteiger partial charge in [0, 0.05) is 11.3 Å². The van der Waals surface area contributed by atoms with Gasteiger partial charge in [0.25, 0.3) is 0 Å². The van der Waals surface area contributed by atoms with Gasteiger partial charge in [-0.3, -0.25) is 9.59 Å². The highest BCUT2D eigenvalue weighted by atomic mass is 16.5. The van der Waals surface area contributed by atoms with E-state index in [1.54, 1.807) is 31.2 Å². The van der Waals surface area contributed by atoms with Crippen molar-refractivity contribution in [3.05, 3.63) is 65.7 Å². The number of alkyl carbamates (subject to hydrolysis) is 1. The van der Waals surface area contributed by atoms with Gasteiger partial charge < -0.3 is 15.4 Å². The Labute approximate surface area is 146 Å². The van der Waals surface area contributed by atoms with E-state index in [4.69, 9.17) is 4.74 Å². The maximum atomic E-state index is 12.1. The van der Waals surface area contributed by atoms with Crippen molar-refractivity contribution in [1.29, 1.82) is 0 Å². The normalized spacial score (nSPS) is 11.3. The zero-order valence-electron chi connectivity index (χ0n) is 14.1. The molecule has 130 valence electrons. The number of benzene rings is 2. The fourth-order valence-corrected chi connectivity index (χ4v) is 2.05. The number of rotatable bonds is 6. The Hall–Kier alpha value is -3.15. The standard InChI is InChI=1S/C19H20N2O4/c1-13(20-19(24)25-12-15-6-4-3-5-7-15)18(23)21-17-10-8-16(9-11-17)14(2)22/h3-11,13H,12H2,1-2H3,(H,20,24)(H,21,23). The summed E-state index contributed by atoms with van der Waals surface area (Å²) in [4.78, 5) is 35.1. The SMILES string of the molecule is CC(=O)c1ccc(NC(=O)C(C)NC(=O)OCc2ccccc2)cc1. The first-order valence-corrected chi connectivity index (χ1v) is 7.85. The summed E-state index contributed by atoms with van der Waals surface area (Å²) >= 11 is 0. The van der Waals surface area contributed by atoms with Gasteiger partial charge in [0.1, 0.15) is 12.6 Å². The van der Waals surface area contributed by atoms with E-state index in [2.05, 4.69) is 10.6 Å². The lowest BCUT2D eigenvalue weighted by Crippen LogP contribution is -2.41. The smallest absolute Gasteiger partial charge is 0.408 e. The van der Waals surface area contributed by atoms with Crippen molar-refractivity contribution in [1.82, 2.24) is 5.32 Å². The molecule has 0 bridgehead atoms. The Morgan fingerprint density at radius 2 is 1.64 bits per heavy atom. The molecule has 2 rings (SSSR count). The summed E-state index contributed by atoms with van der Waals surface area (Å²) in [6, 6.07) is 15.0. The molecule has 0 aliphatic rings. The minimum absolute atomic E-state index is 0.0472. The third kappa shape index (κ3) is 5.76. The van der Waals surface area contributed by atoms with Crippen molar-refractivity contribution >= 4 is 23.5 Å². The van der Waals surface area contributed by atoms with Crippen LogP contribution in [-0.4, -0.2) is 23.8 Å². The van der Waals surface area contributed by atoms with E-state index in [0.29, 0.717) is 11.3 Å². The van der Waals surface area contributed by atoms with Crippen molar-refractivity contribution in [2.45, 2.75) is 26.5 Å². The van der Waals surface area contributed by atoms with Crippen LogP contribution >= 0.6 is 0 Å². The molecular weight excluding hydrogens is 320 g/mol. The van der Waals surface area contributed by atoms with Crippen LogP contribution in [0.4, 0.5) is 10.5 Å². The van der Waals surface area contributed by atoms with E-state index >= 15 is 0 Å². The highest BCUT2D eigenvalue weighted by molar-refractivity contribution is 5.97. The maximum absolute atomic E-state index is 12.1. The van der Waals surface area contributed by atoms with Gasteiger partial charge in [0.05, 0.1) is 0 Å². The molecule has 1 unspecified atom stereocenters. The van der Waals surface area contributed by atoms with E-state index in [0.717, 1.165) is 5.56 Å². The van der Waals surface area contributed by atoms with Gasteiger partial charge >= 0.3 is 6.09 Å². The Kier molecular flexibility index (Phi) is 6.28. The topological polar surface area (TPSA) is 84.5 Å². The number of amides is 2. The molecule has 0 radical (unpaired) electrons. The van der Waals surface area contributed by atoms with Gasteiger partial charge in [-0.25, -0.2) is 4.79 Å². The molecule has 0 aromatic heterocycles. The zero-order valence-corrected chi connectivity index (χ0v) is 14.1. The number of carbonyl (C=O) groups excluding carboxylic acids is 3. The number of Topliss-reactive ketones (excluding diaryl/α,β-unsaturated/α-hetero) is 1. The number of ether oxygens (including phenoxy) is 1. The number of ketones is 1. The van der Waals surface area contributed by atoms with Crippen molar-refractivity contribution in [3.8, 4) is 0 Å². The number of carbonyl (C=O) groups is 3. The second-order valence-electron chi connectivity index (χ2n) is 5.55. The van der Waals surface area contributed by atoms with Gasteiger partial charge in [-0.15, -0.1) is 0 Å². The van der Waals surface area contributed by atoms with Crippen LogP contribution in [-0.2, 0) is 16.1 Å². The molecule has 2 aromatic carbocycles. The number of nitrogens with one attached hydrogen (secondary N) is 2. The fraction of sp³-hybridized carbons (Fsp3) is 0.211. The highest BCUT2D eigenvalue weighted by Gasteiger charge is 2.16. The number of hydrogen-bond acceptors (Lipinski definition) is 4. The quantitative estimate of drug-likeness (QED) is 0.791. The lowest BCUT2D eigenvalue weighted by atomic mass is 10.1. The summed E-state index contributed by atoms with van der Waals surface area (Å²) in [5.41, 5.74) is 1.97. The molecule has 0 spiro atoms. The van der Waals surface area contributed by atoms with Crippen LogP contribution in [0, 0.1) is 0 Å². The first-order chi connectivity index (χ1) is 12.0. The average molecular weight is 340 g/mol. The van der Waals surface area contributed by atoms with Crippen LogP contribution in [0.2, 0.25) is 0 Å². The molecule has 0 saturated heterocycles. The van der Waals surface area contributed by atoms with Crippen molar-refractivity contribution in [3.63, 3.8) is 0 Å². The van der Waals surface area contributed by atoms with Gasteiger partial charge in [-0.2, -0.15) is 0 Å². The first-order valence-electron chi connectivity index (χ1n) is 7.85. The van der Waals surface area contributed by atoms with E-state index in [9.17, 15) is 14.4 Å². The van der Waals surface area contributed by atoms with Crippen molar-refractivity contribution in [2.75, 3.05) is 5.32 Å². The molecule has 6 heteroatoms. The summed E-state index contributed by atoms with van der Waals surface area (Å²) in [5, 5.41) is 5.14. The lowest BCUT2D eigenvalue weighted by Gasteiger charge is -2.14. The predicted octanol–water partition coefficient (Wildman–Crippen LogP) is 3.14. The van der Waals surface area contributed by atoms with Crippen LogP contribution in [0.1, 0.15) is 29.8 Å². The monoisotopic (exact) mass is 340 g/mol. The second kappa shape index (κ2) is 8.63. The van der Waals surface area contributed by atoms with Crippen LogP contribution in [0.5, 0.6) is 0 Å². The van der Waals surface area contributed by atoms with Gasteiger partial charge in [0.15, 0.2) is 5.78 Å². The summed E-state index contributed by atoms with van der Waals surface area (Å²) < 4.78 is 5.07. The summed E-state index contributed by atoms with van der Waals surface area (Å²) in [7, 11) is 0. The zero-order chi connectivity index (χ0) is 18.2. The van der Waals surface area contributed by atoms with E-state index < -0.39 is 12.1 Å². The van der Waals surface area contributed by atoms with E-state index in [1.807, 2.05) is 30.3 Å². The Balaban J connectivity index is 1.81. The summed E-state index contributed by atoms with van der Waals surface area (Å²) in [6.07, 6.45) is -0.668. The Morgan fingerprint density at radius 3 is 2.24 bits per heavy atom. The summed E-state index contributed by atoms with van der Waals surface area (Å²) in [6.45, 7) is 3.16. The van der Waals surface area contributed by atoms with Crippen LogP contribution < -0.4 is 10.6 Å². The molecule has 0 aliphatic carbocycles. The third-order valence-electron chi connectivity index (χ3n) is 3.50. The number of hydrogen-bond donors (Lipinski definition) is 2. The highest BCUT2D eigenvalue weighted by Crippen LogP contribution is 2.10. The molecule has 2 N–H and O–H groups in total. The molecule has 25 heavy (non-hydrogen) atoms. The number of anilines is 1. The van der Waals surface area contributed by atoms with E-state index in [-0.39, 0.29) is 18.3 Å². The van der Waals surface area contributed by atoms with E-state index in [1.165, 1.54) is 6.92 Å². The minimum Gasteiger partial charge on any atom is -0.445 e. The first kappa shape index (κ1) is 18.2. The Bertz CT molecular complexity index is 742. The molecular formula is C19H20N2O4. The minimum atomic E-state index is -0.768. The molecule has 2 aromatic rings. The average Bonchev–Trinajstić information content (AvgIpc) is 2.61. The lowest BCUT2D eigenvalue weighted by molar-refractivity contribution is -0.117. The molecule has 6 nitrogen and oxygen atoms in total. The molecule has 1 atom stereocenters. The van der Waals surface area contributed by atoms with Crippen LogP contribution in [0.3, 0.4) is 0 Å². The molecule has 0 saturated carbocycles. The van der Waals surface area contributed by atoms with Gasteiger partial charge in [-0.1, -0.05) is 30.3 Å². The molecule has 0 heterocycles.